The first-order valence-corrected chi connectivity index (χ1v) is 13.7. The van der Waals surface area contributed by atoms with Gasteiger partial charge in [-0.1, -0.05) is 53.5 Å². The number of quaternary nitrogens is 1. The van der Waals surface area contributed by atoms with Gasteiger partial charge >= 0.3 is 5.69 Å². The molecule has 0 atom stereocenters. The molecule has 2 aromatic carbocycles. The van der Waals surface area contributed by atoms with Crippen molar-refractivity contribution >= 4 is 44.8 Å². The summed E-state index contributed by atoms with van der Waals surface area (Å²) in [6, 6.07) is 13.3. The van der Waals surface area contributed by atoms with E-state index in [4.69, 9.17) is 28.9 Å². The van der Waals surface area contributed by atoms with Crippen LogP contribution in [0.5, 0.6) is 0 Å². The average molecular weight is 567 g/mol. The topological polar surface area (TPSA) is 129 Å². The van der Waals surface area contributed by atoms with Crippen LogP contribution >= 0.6 is 23.2 Å². The van der Waals surface area contributed by atoms with Gasteiger partial charge in [-0.2, -0.15) is 4.31 Å². The van der Waals surface area contributed by atoms with Crippen LogP contribution < -0.4 is 21.9 Å². The first kappa shape index (κ1) is 27.1. The largest absolute Gasteiger partial charge is 0.384 e. The molecule has 3 N–H and O–H groups in total. The van der Waals surface area contributed by atoms with E-state index in [-0.39, 0.29) is 52.5 Å². The molecule has 1 aliphatic rings. The van der Waals surface area contributed by atoms with E-state index < -0.39 is 27.1 Å². The summed E-state index contributed by atoms with van der Waals surface area (Å²) in [6.07, 6.45) is 0. The number of aromatic nitrogens is 2. The molecule has 196 valence electrons. The number of halogens is 2. The van der Waals surface area contributed by atoms with Crippen LogP contribution in [0.4, 0.5) is 5.82 Å². The summed E-state index contributed by atoms with van der Waals surface area (Å²) in [6.45, 7) is 0.980. The van der Waals surface area contributed by atoms with Crippen molar-refractivity contribution in [2.75, 3.05) is 38.5 Å². The Morgan fingerprint density at radius 3 is 2.35 bits per heavy atom. The Labute approximate surface area is 223 Å². The molecule has 0 unspecified atom stereocenters. The summed E-state index contributed by atoms with van der Waals surface area (Å²) in [5, 5.41) is 0.330. The van der Waals surface area contributed by atoms with Crippen LogP contribution in [0.15, 0.2) is 63.0 Å². The highest BCUT2D eigenvalue weighted by atomic mass is 35.5. The molecule has 13 heteroatoms. The van der Waals surface area contributed by atoms with Crippen molar-refractivity contribution < 1.29 is 18.1 Å². The van der Waals surface area contributed by atoms with E-state index in [0.717, 1.165) is 15.0 Å². The maximum absolute atomic E-state index is 13.2. The molecule has 1 aromatic heterocycles. The van der Waals surface area contributed by atoms with Gasteiger partial charge in [0.1, 0.15) is 22.8 Å². The number of carbonyl (C=O) groups is 1. The number of sulfonamides is 1. The number of ketones is 1. The van der Waals surface area contributed by atoms with Crippen molar-refractivity contribution in [1.29, 1.82) is 0 Å². The zero-order chi connectivity index (χ0) is 26.9. The van der Waals surface area contributed by atoms with Crippen LogP contribution in [-0.4, -0.2) is 60.4 Å². The van der Waals surface area contributed by atoms with Crippen molar-refractivity contribution in [3.63, 3.8) is 0 Å². The fraction of sp³-hybridized carbons (Fsp3) is 0.292. The number of piperazine rings is 1. The number of rotatable bonds is 7. The molecule has 0 aliphatic carbocycles. The third kappa shape index (κ3) is 5.51. The second-order valence-corrected chi connectivity index (χ2v) is 11.6. The third-order valence-electron chi connectivity index (χ3n) is 6.40. The normalized spacial score (nSPS) is 15.1. The van der Waals surface area contributed by atoms with E-state index in [1.807, 2.05) is 30.3 Å². The van der Waals surface area contributed by atoms with Crippen molar-refractivity contribution in [2.45, 2.75) is 11.4 Å². The molecule has 37 heavy (non-hydrogen) atoms. The van der Waals surface area contributed by atoms with Gasteiger partial charge in [-0.3, -0.25) is 18.7 Å². The minimum Gasteiger partial charge on any atom is -0.384 e. The van der Waals surface area contributed by atoms with Gasteiger partial charge in [0.15, 0.2) is 0 Å². The Balaban J connectivity index is 1.51. The number of Topliss-reactive ketones (excluding diaryl/α,β-unsaturated/α-hetero) is 1. The lowest BCUT2D eigenvalue weighted by atomic mass is 10.1. The number of nitrogens with one attached hydrogen (secondary N) is 1. The SMILES string of the molecule is Cn1c(=O)c(C(=O)C[NH+]2CCN(S(=O)(=O)c3cc(Cl)ccc3Cl)CC2)c(N)n(Cc2ccccc2)c1=O. The summed E-state index contributed by atoms with van der Waals surface area (Å²) in [5.74, 6) is -0.692. The molecule has 0 saturated carbocycles. The van der Waals surface area contributed by atoms with Gasteiger partial charge in [-0.15, -0.1) is 0 Å². The molecule has 4 rings (SSSR count). The fourth-order valence-electron chi connectivity index (χ4n) is 4.31. The van der Waals surface area contributed by atoms with E-state index in [1.165, 1.54) is 34.1 Å². The van der Waals surface area contributed by atoms with Crippen molar-refractivity contribution in [1.82, 2.24) is 13.4 Å². The molecule has 3 aromatic rings. The summed E-state index contributed by atoms with van der Waals surface area (Å²) in [5.41, 5.74) is 5.36. The summed E-state index contributed by atoms with van der Waals surface area (Å²) >= 11 is 12.1. The lowest BCUT2D eigenvalue weighted by molar-refractivity contribution is -0.895. The van der Waals surface area contributed by atoms with Crippen LogP contribution in [0, 0.1) is 0 Å². The first-order valence-electron chi connectivity index (χ1n) is 11.5. The smallest absolute Gasteiger partial charge is 0.332 e. The van der Waals surface area contributed by atoms with Gasteiger partial charge < -0.3 is 10.6 Å². The third-order valence-corrected chi connectivity index (χ3v) is 9.01. The van der Waals surface area contributed by atoms with Gasteiger partial charge in [-0.25, -0.2) is 13.2 Å². The number of carbonyl (C=O) groups excluding carboxylic acids is 1. The molecule has 1 fully saturated rings. The van der Waals surface area contributed by atoms with Crippen LogP contribution in [0.2, 0.25) is 10.0 Å². The monoisotopic (exact) mass is 566 g/mol. The molecular formula is C24H26Cl2N5O5S+. The number of hydrogen-bond donors (Lipinski definition) is 2. The highest BCUT2D eigenvalue weighted by molar-refractivity contribution is 7.89. The summed E-state index contributed by atoms with van der Waals surface area (Å²) in [4.78, 5) is 39.5. The Kier molecular flexibility index (Phi) is 7.91. The van der Waals surface area contributed by atoms with Gasteiger partial charge in [0.25, 0.3) is 5.56 Å². The van der Waals surface area contributed by atoms with E-state index in [9.17, 15) is 22.8 Å². The van der Waals surface area contributed by atoms with Gasteiger partial charge in [-0.05, 0) is 23.8 Å². The molecule has 0 spiro atoms. The summed E-state index contributed by atoms with van der Waals surface area (Å²) < 4.78 is 29.5. The highest BCUT2D eigenvalue weighted by Gasteiger charge is 2.33. The molecule has 0 amide bonds. The van der Waals surface area contributed by atoms with Crippen LogP contribution in [-0.2, 0) is 23.6 Å². The number of anilines is 1. The average Bonchev–Trinajstić information content (AvgIpc) is 2.88. The van der Waals surface area contributed by atoms with Gasteiger partial charge in [0, 0.05) is 12.1 Å². The Morgan fingerprint density at radius 1 is 1.05 bits per heavy atom. The summed E-state index contributed by atoms with van der Waals surface area (Å²) in [7, 11) is -2.57. The van der Waals surface area contributed by atoms with Crippen LogP contribution in [0.25, 0.3) is 0 Å². The quantitative estimate of drug-likeness (QED) is 0.394. The minimum atomic E-state index is -3.87. The second kappa shape index (κ2) is 10.8. The number of nitrogens with zero attached hydrogens (tertiary/aromatic N) is 3. The lowest BCUT2D eigenvalue weighted by Crippen LogP contribution is -3.15. The molecule has 2 heterocycles. The zero-order valence-electron chi connectivity index (χ0n) is 20.0. The Morgan fingerprint density at radius 2 is 1.70 bits per heavy atom. The minimum absolute atomic E-state index is 0.0712. The Bertz CT molecular complexity index is 1560. The predicted molar refractivity (Wildman–Crippen MR) is 141 cm³/mol. The number of hydrogen-bond acceptors (Lipinski definition) is 6. The number of benzene rings is 2. The van der Waals surface area contributed by atoms with Crippen LogP contribution in [0.3, 0.4) is 0 Å². The first-order chi connectivity index (χ1) is 17.5. The highest BCUT2D eigenvalue weighted by Crippen LogP contribution is 2.27. The maximum Gasteiger partial charge on any atom is 0.332 e. The second-order valence-electron chi connectivity index (χ2n) is 8.81. The molecule has 1 saturated heterocycles. The fourth-order valence-corrected chi connectivity index (χ4v) is 6.49. The maximum atomic E-state index is 13.2. The lowest BCUT2D eigenvalue weighted by Gasteiger charge is -2.31. The van der Waals surface area contributed by atoms with E-state index >= 15 is 0 Å². The van der Waals surface area contributed by atoms with E-state index in [1.54, 1.807) is 0 Å². The molecule has 0 radical (unpaired) electrons. The standard InChI is InChI=1S/C24H25Cl2N5O5S/c1-28-23(33)21(22(27)31(24(28)34)14-16-5-3-2-4-6-16)19(32)15-29-9-11-30(12-10-29)37(35,36)20-13-17(25)7-8-18(20)26/h2-8,13H,9-12,14-15,27H2,1H3/p+1. The number of nitrogens with two attached hydrogens (primary N) is 1. The molecule has 10 nitrogen and oxygen atoms in total. The number of nitrogen functional groups attached to an aromatic ring is 1. The van der Waals surface area contributed by atoms with E-state index in [2.05, 4.69) is 0 Å². The van der Waals surface area contributed by atoms with Gasteiger partial charge in [0.05, 0.1) is 37.7 Å². The molecule has 1 aliphatic heterocycles. The van der Waals surface area contributed by atoms with Crippen molar-refractivity contribution in [2.24, 2.45) is 7.05 Å². The predicted octanol–water partition coefficient (Wildman–Crippen LogP) is 0.256. The van der Waals surface area contributed by atoms with Crippen molar-refractivity contribution in [3.8, 4) is 0 Å². The molecule has 0 bridgehead atoms. The van der Waals surface area contributed by atoms with Crippen LogP contribution in [0.1, 0.15) is 15.9 Å². The molecular weight excluding hydrogens is 541 g/mol. The van der Waals surface area contributed by atoms with Gasteiger partial charge in [0.2, 0.25) is 15.8 Å². The Hall–Kier alpha value is -2.96. The van der Waals surface area contributed by atoms with Crippen molar-refractivity contribution in [3.05, 3.63) is 90.5 Å². The zero-order valence-corrected chi connectivity index (χ0v) is 22.3. The van der Waals surface area contributed by atoms with E-state index in [0.29, 0.717) is 13.1 Å².